The Balaban J connectivity index is 1.75. The minimum Gasteiger partial charge on any atom is -0.393 e. The Kier molecular flexibility index (Phi) is 3.37. The third-order valence-corrected chi connectivity index (χ3v) is 8.24. The maximum Gasteiger partial charge on any atom is 0.139 e. The van der Waals surface area contributed by atoms with Crippen LogP contribution in [0, 0.1) is 28.6 Å². The van der Waals surface area contributed by atoms with E-state index in [0.29, 0.717) is 23.5 Å². The summed E-state index contributed by atoms with van der Waals surface area (Å²) in [6.07, 6.45) is 8.93. The van der Waals surface area contributed by atoms with Crippen LogP contribution in [-0.2, 0) is 4.79 Å². The minimum atomic E-state index is -0.181. The van der Waals surface area contributed by atoms with Gasteiger partial charge >= 0.3 is 0 Å². The highest BCUT2D eigenvalue weighted by molar-refractivity contribution is 7.81. The number of rotatable bonds is 0. The first kappa shape index (κ1) is 15.3. The molecule has 1 N–H and O–H groups in total. The summed E-state index contributed by atoms with van der Waals surface area (Å²) < 4.78 is 0. The summed E-state index contributed by atoms with van der Waals surface area (Å²) >= 11 is 5.89. The van der Waals surface area contributed by atoms with Gasteiger partial charge < -0.3 is 5.11 Å². The topological polar surface area (TPSA) is 37.3 Å². The summed E-state index contributed by atoms with van der Waals surface area (Å²) in [5, 5.41) is 10.2. The Morgan fingerprint density at radius 3 is 2.59 bits per heavy atom. The van der Waals surface area contributed by atoms with Crippen LogP contribution < -0.4 is 0 Å². The number of hydrogen-bond donors (Lipinski definition) is 1. The highest BCUT2D eigenvalue weighted by Crippen LogP contribution is 2.64. The van der Waals surface area contributed by atoms with Crippen LogP contribution in [0.1, 0.15) is 58.8 Å². The van der Waals surface area contributed by atoms with Gasteiger partial charge in [0.15, 0.2) is 0 Å². The third kappa shape index (κ3) is 1.87. The van der Waals surface area contributed by atoms with E-state index in [0.717, 1.165) is 44.9 Å². The summed E-state index contributed by atoms with van der Waals surface area (Å²) in [4.78, 5) is 12.4. The van der Waals surface area contributed by atoms with Gasteiger partial charge in [0.25, 0.3) is 0 Å². The maximum atomic E-state index is 12.4. The average molecular weight is 319 g/mol. The molecule has 1 radical (unpaired) electrons. The van der Waals surface area contributed by atoms with Crippen molar-refractivity contribution in [2.24, 2.45) is 28.6 Å². The number of ketones is 1. The van der Waals surface area contributed by atoms with E-state index in [1.54, 1.807) is 0 Å². The molecule has 3 fully saturated rings. The monoisotopic (exact) mass is 319 g/mol. The second-order valence-electron chi connectivity index (χ2n) is 8.68. The minimum absolute atomic E-state index is 0.103. The summed E-state index contributed by atoms with van der Waals surface area (Å²) in [6.45, 7) is 4.61. The molecule has 0 heterocycles. The molecule has 0 aliphatic heterocycles. The zero-order valence-electron chi connectivity index (χ0n) is 13.7. The largest absolute Gasteiger partial charge is 0.393 e. The fourth-order valence-electron chi connectivity index (χ4n) is 6.38. The van der Waals surface area contributed by atoms with Gasteiger partial charge in [-0.05, 0) is 61.7 Å². The van der Waals surface area contributed by atoms with Crippen molar-refractivity contribution in [2.75, 3.05) is 0 Å². The molecule has 121 valence electrons. The number of Topliss-reactive ketones (excluding diaryl/α,β-unsaturated/α-hetero) is 1. The van der Waals surface area contributed by atoms with Gasteiger partial charge in [-0.25, -0.2) is 0 Å². The maximum absolute atomic E-state index is 12.4. The molecule has 3 unspecified atom stereocenters. The lowest BCUT2D eigenvalue weighted by atomic mass is 9.48. The first-order valence-electron chi connectivity index (χ1n) is 8.94. The first-order chi connectivity index (χ1) is 10.4. The number of carbonyl (C=O) groups excluding carboxylic acids is 1. The van der Waals surface area contributed by atoms with E-state index in [4.69, 9.17) is 12.6 Å². The van der Waals surface area contributed by atoms with Gasteiger partial charge in [-0.2, -0.15) is 0 Å². The van der Waals surface area contributed by atoms with Gasteiger partial charge in [0.05, 0.1) is 6.10 Å². The lowest BCUT2D eigenvalue weighted by Crippen LogP contribution is -2.53. The molecule has 4 aliphatic carbocycles. The molecule has 0 aromatic carbocycles. The average Bonchev–Trinajstić information content (AvgIpc) is 2.77. The molecule has 0 aromatic heterocycles. The van der Waals surface area contributed by atoms with E-state index >= 15 is 0 Å². The van der Waals surface area contributed by atoms with Gasteiger partial charge in [0.2, 0.25) is 0 Å². The van der Waals surface area contributed by atoms with Gasteiger partial charge in [-0.1, -0.05) is 38.1 Å². The normalized spacial score (nSPS) is 54.3. The van der Waals surface area contributed by atoms with Crippen LogP contribution in [0.5, 0.6) is 0 Å². The van der Waals surface area contributed by atoms with Crippen LogP contribution in [0.25, 0.3) is 0 Å². The molecule has 4 rings (SSSR count). The quantitative estimate of drug-likeness (QED) is 0.684. The van der Waals surface area contributed by atoms with E-state index in [2.05, 4.69) is 19.9 Å². The van der Waals surface area contributed by atoms with Crippen molar-refractivity contribution in [3.63, 3.8) is 0 Å². The zero-order chi connectivity index (χ0) is 15.7. The summed E-state index contributed by atoms with van der Waals surface area (Å²) in [5.74, 6) is 2.08. The van der Waals surface area contributed by atoms with Crippen molar-refractivity contribution < 1.29 is 9.90 Å². The first-order valence-corrected chi connectivity index (χ1v) is 9.42. The molecule has 22 heavy (non-hydrogen) atoms. The van der Waals surface area contributed by atoms with Crippen molar-refractivity contribution in [1.82, 2.24) is 0 Å². The molecule has 4 aliphatic rings. The molecule has 0 bridgehead atoms. The lowest BCUT2D eigenvalue weighted by Gasteiger charge is -2.58. The molecular weight excluding hydrogens is 292 g/mol. The third-order valence-electron chi connectivity index (χ3n) is 7.79. The molecule has 0 aromatic rings. The van der Waals surface area contributed by atoms with Crippen molar-refractivity contribution in [2.45, 2.75) is 70.1 Å². The second-order valence-corrected chi connectivity index (χ2v) is 9.22. The van der Waals surface area contributed by atoms with Gasteiger partial charge in [-0.15, -0.1) is 0 Å². The smallest absolute Gasteiger partial charge is 0.139 e. The van der Waals surface area contributed by atoms with Crippen molar-refractivity contribution in [1.29, 1.82) is 0 Å². The molecule has 3 heteroatoms. The standard InChI is InChI=1S/C19H27O2S/c1-18-7-5-12(20)9-11(18)10-15(22)17-13-3-4-16(21)19(13,2)8-6-14(17)18/h10,12-15,17,20H,3-9H2,1-2H3/t12-,13?,14?,15+,17?,18-,19-/m0/s1. The predicted octanol–water partition coefficient (Wildman–Crippen LogP) is 4.06. The Labute approximate surface area is 139 Å². The number of hydrogen-bond acceptors (Lipinski definition) is 2. The summed E-state index contributed by atoms with van der Waals surface area (Å²) in [6, 6.07) is 0. The SMILES string of the molecule is C[C@]12CC[C@H](O)CC1=C[C@@H]([S])C1C2CC[C@]2(C)C(=O)CCC12. The number of aliphatic hydroxyl groups is 1. The highest BCUT2D eigenvalue weighted by atomic mass is 32.1. The number of aliphatic hydroxyl groups excluding tert-OH is 1. The van der Waals surface area contributed by atoms with Crippen molar-refractivity contribution in [3.8, 4) is 0 Å². The van der Waals surface area contributed by atoms with Crippen molar-refractivity contribution in [3.05, 3.63) is 11.6 Å². The van der Waals surface area contributed by atoms with E-state index in [9.17, 15) is 9.90 Å². The van der Waals surface area contributed by atoms with Crippen LogP contribution in [0.2, 0.25) is 0 Å². The van der Waals surface area contributed by atoms with Crippen molar-refractivity contribution >= 4 is 18.4 Å². The van der Waals surface area contributed by atoms with E-state index in [-0.39, 0.29) is 22.2 Å². The Morgan fingerprint density at radius 1 is 1.14 bits per heavy atom. The Morgan fingerprint density at radius 2 is 1.82 bits per heavy atom. The van der Waals surface area contributed by atoms with Gasteiger partial charge in [0.1, 0.15) is 5.78 Å². The van der Waals surface area contributed by atoms with Crippen LogP contribution in [0.15, 0.2) is 11.6 Å². The summed E-state index contributed by atoms with van der Waals surface area (Å²) in [7, 11) is 0. The second kappa shape index (κ2) is 4.86. The van der Waals surface area contributed by atoms with E-state index in [1.165, 1.54) is 5.57 Å². The molecule has 7 atom stereocenters. The highest BCUT2D eigenvalue weighted by Gasteiger charge is 2.60. The molecule has 0 spiro atoms. The molecule has 3 saturated carbocycles. The van der Waals surface area contributed by atoms with Crippen LogP contribution in [0.4, 0.5) is 0 Å². The Bertz CT molecular complexity index is 542. The van der Waals surface area contributed by atoms with Gasteiger partial charge in [0, 0.05) is 17.1 Å². The molecule has 2 nitrogen and oxygen atoms in total. The van der Waals surface area contributed by atoms with E-state index in [1.807, 2.05) is 0 Å². The predicted molar refractivity (Wildman–Crippen MR) is 89.5 cm³/mol. The summed E-state index contributed by atoms with van der Waals surface area (Å²) in [5.41, 5.74) is 1.53. The van der Waals surface area contributed by atoms with Crippen LogP contribution >= 0.6 is 12.6 Å². The van der Waals surface area contributed by atoms with Crippen LogP contribution in [0.3, 0.4) is 0 Å². The molecular formula is C19H27O2S. The molecule has 0 saturated heterocycles. The van der Waals surface area contributed by atoms with E-state index < -0.39 is 0 Å². The number of fused-ring (bicyclic) bond motifs is 5. The zero-order valence-corrected chi connectivity index (χ0v) is 14.5. The van der Waals surface area contributed by atoms with Gasteiger partial charge in [-0.3, -0.25) is 4.79 Å². The van der Waals surface area contributed by atoms with Crippen LogP contribution in [-0.4, -0.2) is 22.2 Å². The fourth-order valence-corrected chi connectivity index (χ4v) is 6.92. The molecule has 0 amide bonds. The fraction of sp³-hybridized carbons (Fsp3) is 0.842. The Hall–Kier alpha value is -0.280. The lowest BCUT2D eigenvalue weighted by molar-refractivity contribution is -0.131. The number of carbonyl (C=O) groups is 1.